The minimum atomic E-state index is -0.227. The minimum Gasteiger partial charge on any atom is -0.375 e. The van der Waals surface area contributed by atoms with Crippen molar-refractivity contribution < 1.29 is 19.1 Å². The van der Waals surface area contributed by atoms with Crippen LogP contribution in [0, 0.1) is 0 Å². The molecule has 0 aliphatic carbocycles. The van der Waals surface area contributed by atoms with Crippen LogP contribution in [0.15, 0.2) is 18.3 Å². The lowest BCUT2D eigenvalue weighted by Crippen LogP contribution is -2.51. The van der Waals surface area contributed by atoms with Gasteiger partial charge in [-0.05, 0) is 63.3 Å². The molecule has 0 saturated carbocycles. The summed E-state index contributed by atoms with van der Waals surface area (Å²) < 4.78 is 6.45. The summed E-state index contributed by atoms with van der Waals surface area (Å²) in [6, 6.07) is 1.85. The Balaban J connectivity index is 1.24. The van der Waals surface area contributed by atoms with Crippen LogP contribution in [0.25, 0.3) is 5.57 Å². The molecule has 4 heterocycles. The molecular formula is C31H48N6O4. The quantitative estimate of drug-likeness (QED) is 0.489. The molecule has 226 valence electrons. The van der Waals surface area contributed by atoms with Gasteiger partial charge in [0.1, 0.15) is 0 Å². The lowest BCUT2D eigenvalue weighted by atomic mass is 10.0. The zero-order valence-electron chi connectivity index (χ0n) is 25.4. The number of carbonyl (C=O) groups is 3. The number of likely N-dealkylation sites (tertiary alicyclic amines) is 2. The van der Waals surface area contributed by atoms with Gasteiger partial charge in [0.15, 0.2) is 5.69 Å². The summed E-state index contributed by atoms with van der Waals surface area (Å²) >= 11 is 0. The fourth-order valence-corrected chi connectivity index (χ4v) is 5.78. The van der Waals surface area contributed by atoms with Gasteiger partial charge in [-0.2, -0.15) is 0 Å². The van der Waals surface area contributed by atoms with Gasteiger partial charge in [-0.15, -0.1) is 0 Å². The molecule has 41 heavy (non-hydrogen) atoms. The molecule has 3 saturated heterocycles. The third-order valence-corrected chi connectivity index (χ3v) is 8.46. The summed E-state index contributed by atoms with van der Waals surface area (Å²) in [5, 5.41) is 2.81. The van der Waals surface area contributed by atoms with Gasteiger partial charge in [0, 0.05) is 65.5 Å². The zero-order valence-corrected chi connectivity index (χ0v) is 25.4. The number of piperidine rings is 2. The Labute approximate surface area is 245 Å². The third kappa shape index (κ3) is 8.83. The number of carbonyl (C=O) groups excluding carboxylic acids is 3. The number of allylic oxidation sites excluding steroid dienone is 2. The number of ether oxygens (including phenoxy) is 1. The second-order valence-electron chi connectivity index (χ2n) is 11.8. The van der Waals surface area contributed by atoms with Gasteiger partial charge in [-0.25, -0.2) is 4.98 Å². The summed E-state index contributed by atoms with van der Waals surface area (Å²) in [7, 11) is 2.10. The van der Waals surface area contributed by atoms with E-state index >= 15 is 0 Å². The largest absolute Gasteiger partial charge is 0.375 e. The normalized spacial score (nSPS) is 20.3. The number of pyridine rings is 1. The molecule has 1 aromatic heterocycles. The summed E-state index contributed by atoms with van der Waals surface area (Å²) in [6.07, 6.45) is 9.63. The first kappa shape index (κ1) is 31.1. The van der Waals surface area contributed by atoms with Crippen LogP contribution in [0.2, 0.25) is 0 Å². The van der Waals surface area contributed by atoms with Crippen LogP contribution < -0.4 is 5.32 Å². The van der Waals surface area contributed by atoms with Crippen molar-refractivity contribution in [3.05, 3.63) is 29.6 Å². The van der Waals surface area contributed by atoms with Gasteiger partial charge in [0.25, 0.3) is 5.91 Å². The maximum absolute atomic E-state index is 13.4. The van der Waals surface area contributed by atoms with E-state index in [0.29, 0.717) is 25.3 Å². The maximum Gasteiger partial charge on any atom is 0.274 e. The summed E-state index contributed by atoms with van der Waals surface area (Å²) in [6.45, 7) is 12.6. The highest BCUT2D eigenvalue weighted by Gasteiger charge is 2.30. The van der Waals surface area contributed by atoms with E-state index in [9.17, 15) is 14.4 Å². The van der Waals surface area contributed by atoms with Crippen molar-refractivity contribution in [1.29, 1.82) is 0 Å². The van der Waals surface area contributed by atoms with Crippen LogP contribution in [0.1, 0.15) is 75.3 Å². The first-order valence-electron chi connectivity index (χ1n) is 15.3. The van der Waals surface area contributed by atoms with Crippen LogP contribution in [0.3, 0.4) is 0 Å². The second kappa shape index (κ2) is 14.9. The van der Waals surface area contributed by atoms with Crippen molar-refractivity contribution in [2.45, 2.75) is 71.5 Å². The standard InChI is InChI=1S/C31H48N6O4/c1-5-6-7-23(2)25-20-28(33-24(3)38)30(32-21-25)31(40)37-14-10-27(11-15-37)41-26-8-12-35(13-9-26)22-29(39)36-18-16-34(4)17-19-36/h7,20-21,26-27H,5-6,8-19,22H2,1-4H3,(H,33,38)/b23-7+. The number of piperazine rings is 1. The molecule has 0 aromatic carbocycles. The number of nitrogens with zero attached hydrogens (tertiary/aromatic N) is 5. The van der Waals surface area contributed by atoms with E-state index in [1.807, 2.05) is 22.8 Å². The van der Waals surface area contributed by atoms with E-state index in [2.05, 4.69) is 40.1 Å². The fourth-order valence-electron chi connectivity index (χ4n) is 5.78. The topological polar surface area (TPSA) is 98.3 Å². The molecule has 3 aliphatic heterocycles. The van der Waals surface area contributed by atoms with E-state index in [1.54, 1.807) is 6.20 Å². The number of unbranched alkanes of at least 4 members (excludes halogenated alkanes) is 1. The SMILES string of the molecule is CCC/C=C(\C)c1cnc(C(=O)N2CCC(OC3CCN(CC(=O)N4CCN(C)CC4)CC3)CC2)c(NC(C)=O)c1. The Morgan fingerprint density at radius 3 is 2.20 bits per heavy atom. The number of likely N-dealkylation sites (N-methyl/N-ethyl adjacent to an activating group) is 1. The molecule has 10 nitrogen and oxygen atoms in total. The molecule has 0 atom stereocenters. The highest BCUT2D eigenvalue weighted by atomic mass is 16.5. The summed E-state index contributed by atoms with van der Waals surface area (Å²) in [5.74, 6) is -0.148. The molecule has 1 aromatic rings. The number of nitrogens with one attached hydrogen (secondary N) is 1. The Morgan fingerprint density at radius 2 is 1.59 bits per heavy atom. The minimum absolute atomic E-state index is 0.124. The lowest BCUT2D eigenvalue weighted by molar-refractivity contribution is -0.135. The average Bonchev–Trinajstić information content (AvgIpc) is 2.97. The van der Waals surface area contributed by atoms with Gasteiger partial charge in [-0.1, -0.05) is 19.4 Å². The van der Waals surface area contributed by atoms with Crippen molar-refractivity contribution in [2.24, 2.45) is 0 Å². The lowest BCUT2D eigenvalue weighted by Gasteiger charge is -2.38. The summed E-state index contributed by atoms with van der Waals surface area (Å²) in [4.78, 5) is 50.8. The van der Waals surface area contributed by atoms with E-state index in [1.165, 1.54) is 6.92 Å². The fraction of sp³-hybridized carbons (Fsp3) is 0.677. The number of aromatic nitrogens is 1. The highest BCUT2D eigenvalue weighted by Crippen LogP contribution is 2.26. The van der Waals surface area contributed by atoms with Crippen LogP contribution in [-0.4, -0.2) is 120 Å². The van der Waals surface area contributed by atoms with Crippen molar-refractivity contribution in [3.63, 3.8) is 0 Å². The Morgan fingerprint density at radius 1 is 0.951 bits per heavy atom. The molecule has 10 heteroatoms. The molecule has 0 bridgehead atoms. The first-order valence-corrected chi connectivity index (χ1v) is 15.3. The Kier molecular flexibility index (Phi) is 11.3. The van der Waals surface area contributed by atoms with Gasteiger partial charge >= 0.3 is 0 Å². The van der Waals surface area contributed by atoms with Crippen molar-refractivity contribution >= 4 is 29.0 Å². The summed E-state index contributed by atoms with van der Waals surface area (Å²) in [5.41, 5.74) is 2.72. The molecule has 0 spiro atoms. The zero-order chi connectivity index (χ0) is 29.4. The van der Waals surface area contributed by atoms with Crippen LogP contribution in [0.4, 0.5) is 5.69 Å². The molecule has 3 amide bonds. The average molecular weight is 569 g/mol. The molecule has 0 unspecified atom stereocenters. The number of hydrogen-bond acceptors (Lipinski definition) is 7. The number of amides is 3. The van der Waals surface area contributed by atoms with Crippen LogP contribution in [-0.2, 0) is 14.3 Å². The van der Waals surface area contributed by atoms with E-state index in [4.69, 9.17) is 4.74 Å². The van der Waals surface area contributed by atoms with Crippen molar-refractivity contribution in [2.75, 3.05) is 71.3 Å². The van der Waals surface area contributed by atoms with E-state index in [0.717, 1.165) is 88.9 Å². The van der Waals surface area contributed by atoms with Gasteiger partial charge in [-0.3, -0.25) is 19.3 Å². The molecule has 4 rings (SSSR count). The molecule has 3 fully saturated rings. The van der Waals surface area contributed by atoms with Gasteiger partial charge in [0.2, 0.25) is 11.8 Å². The predicted octanol–water partition coefficient (Wildman–Crippen LogP) is 3.10. The first-order chi connectivity index (χ1) is 19.7. The molecule has 1 N–H and O–H groups in total. The smallest absolute Gasteiger partial charge is 0.274 e. The molecule has 0 radical (unpaired) electrons. The Bertz CT molecular complexity index is 1080. The Hall–Kier alpha value is -2.82. The van der Waals surface area contributed by atoms with Crippen LogP contribution >= 0.6 is 0 Å². The molecular weight excluding hydrogens is 520 g/mol. The second-order valence-corrected chi connectivity index (χ2v) is 11.8. The van der Waals surface area contributed by atoms with Gasteiger partial charge in [0.05, 0.1) is 24.4 Å². The van der Waals surface area contributed by atoms with Crippen LogP contribution in [0.5, 0.6) is 0 Å². The van der Waals surface area contributed by atoms with E-state index in [-0.39, 0.29) is 35.6 Å². The maximum atomic E-state index is 13.4. The highest BCUT2D eigenvalue weighted by molar-refractivity contribution is 6.02. The van der Waals surface area contributed by atoms with Crippen molar-refractivity contribution in [1.82, 2.24) is 24.6 Å². The van der Waals surface area contributed by atoms with Gasteiger partial charge < -0.3 is 24.8 Å². The number of anilines is 1. The van der Waals surface area contributed by atoms with Crippen molar-refractivity contribution in [3.8, 4) is 0 Å². The number of rotatable bonds is 9. The molecule has 3 aliphatic rings. The predicted molar refractivity (Wildman–Crippen MR) is 161 cm³/mol. The third-order valence-electron chi connectivity index (χ3n) is 8.46. The monoisotopic (exact) mass is 568 g/mol. The van der Waals surface area contributed by atoms with E-state index < -0.39 is 0 Å². The number of hydrogen-bond donors (Lipinski definition) is 1.